The number of hydrogen-bond donors (Lipinski definition) is 1. The third kappa shape index (κ3) is 2.09. The molecule has 0 bridgehead atoms. The van der Waals surface area contributed by atoms with Crippen LogP contribution in [0, 0.1) is 0 Å². The molecule has 1 saturated carbocycles. The number of ether oxygens (including phenoxy) is 2. The van der Waals surface area contributed by atoms with Gasteiger partial charge in [-0.1, -0.05) is 0 Å². The Kier molecular flexibility index (Phi) is 3.00. The zero-order valence-corrected chi connectivity index (χ0v) is 10.3. The minimum absolute atomic E-state index is 0.448. The van der Waals surface area contributed by atoms with Gasteiger partial charge in [-0.2, -0.15) is 0 Å². The van der Waals surface area contributed by atoms with Crippen LogP contribution in [0.5, 0.6) is 11.5 Å². The lowest BCUT2D eigenvalue weighted by molar-refractivity contribution is 0.147. The SMILES string of the molecule is COc1cc(OC)c(C2(O)CC2)cc1C(C)F. The van der Waals surface area contributed by atoms with Crippen molar-refractivity contribution in [2.75, 3.05) is 14.2 Å². The fraction of sp³-hybridized carbons (Fsp3) is 0.538. The van der Waals surface area contributed by atoms with Gasteiger partial charge in [0.1, 0.15) is 17.7 Å². The molecule has 0 heterocycles. The van der Waals surface area contributed by atoms with Gasteiger partial charge in [0.15, 0.2) is 0 Å². The molecule has 0 amide bonds. The minimum atomic E-state index is -1.14. The molecule has 17 heavy (non-hydrogen) atoms. The van der Waals surface area contributed by atoms with Gasteiger partial charge in [0.05, 0.1) is 19.8 Å². The second-order valence-corrected chi connectivity index (χ2v) is 4.44. The van der Waals surface area contributed by atoms with Gasteiger partial charge in [0, 0.05) is 17.2 Å². The number of rotatable bonds is 4. The smallest absolute Gasteiger partial charge is 0.128 e. The maximum Gasteiger partial charge on any atom is 0.128 e. The van der Waals surface area contributed by atoms with Crippen LogP contribution in [-0.4, -0.2) is 19.3 Å². The Morgan fingerprint density at radius 3 is 2.24 bits per heavy atom. The third-order valence-corrected chi connectivity index (χ3v) is 3.21. The van der Waals surface area contributed by atoms with E-state index in [2.05, 4.69) is 0 Å². The van der Waals surface area contributed by atoms with Crippen LogP contribution in [0.2, 0.25) is 0 Å². The summed E-state index contributed by atoms with van der Waals surface area (Å²) in [4.78, 5) is 0. The first kappa shape index (κ1) is 12.2. The van der Waals surface area contributed by atoms with Crippen LogP contribution in [-0.2, 0) is 5.60 Å². The van der Waals surface area contributed by atoms with Crippen LogP contribution >= 0.6 is 0 Å². The Bertz CT molecular complexity index is 425. The van der Waals surface area contributed by atoms with Gasteiger partial charge in [-0.15, -0.1) is 0 Å². The Hall–Kier alpha value is -1.29. The summed E-state index contributed by atoms with van der Waals surface area (Å²) in [6.45, 7) is 1.45. The highest BCUT2D eigenvalue weighted by Crippen LogP contribution is 2.50. The van der Waals surface area contributed by atoms with E-state index >= 15 is 0 Å². The molecule has 0 radical (unpaired) electrons. The molecule has 94 valence electrons. The van der Waals surface area contributed by atoms with E-state index < -0.39 is 11.8 Å². The molecule has 0 aromatic heterocycles. The van der Waals surface area contributed by atoms with Gasteiger partial charge in [-0.3, -0.25) is 0 Å². The summed E-state index contributed by atoms with van der Waals surface area (Å²) in [5, 5.41) is 10.1. The monoisotopic (exact) mass is 240 g/mol. The van der Waals surface area contributed by atoms with Crippen molar-refractivity contribution in [2.24, 2.45) is 0 Å². The Balaban J connectivity index is 2.54. The fourth-order valence-electron chi connectivity index (χ4n) is 1.99. The van der Waals surface area contributed by atoms with Gasteiger partial charge in [0.2, 0.25) is 0 Å². The fourth-order valence-corrected chi connectivity index (χ4v) is 1.99. The van der Waals surface area contributed by atoms with E-state index in [9.17, 15) is 9.50 Å². The molecule has 1 aromatic rings. The van der Waals surface area contributed by atoms with Crippen molar-refractivity contribution in [2.45, 2.75) is 31.5 Å². The Morgan fingerprint density at radius 2 is 1.82 bits per heavy atom. The van der Waals surface area contributed by atoms with Crippen molar-refractivity contribution in [1.82, 2.24) is 0 Å². The van der Waals surface area contributed by atoms with Crippen molar-refractivity contribution >= 4 is 0 Å². The summed E-state index contributed by atoms with van der Waals surface area (Å²) in [6, 6.07) is 3.28. The second-order valence-electron chi connectivity index (χ2n) is 4.44. The van der Waals surface area contributed by atoms with Crippen LogP contribution in [0.25, 0.3) is 0 Å². The van der Waals surface area contributed by atoms with Crippen molar-refractivity contribution in [1.29, 1.82) is 0 Å². The molecular formula is C13H17FO3. The molecule has 1 fully saturated rings. The summed E-state index contributed by atoms with van der Waals surface area (Å²) in [6.07, 6.45) is 0.239. The number of alkyl halides is 1. The average Bonchev–Trinajstić information content (AvgIpc) is 3.06. The molecular weight excluding hydrogens is 223 g/mol. The lowest BCUT2D eigenvalue weighted by atomic mass is 10.00. The highest BCUT2D eigenvalue weighted by Gasteiger charge is 2.44. The molecule has 1 aromatic carbocycles. The third-order valence-electron chi connectivity index (χ3n) is 3.21. The largest absolute Gasteiger partial charge is 0.496 e. The normalized spacial score (nSPS) is 18.6. The molecule has 1 atom stereocenters. The first-order valence-electron chi connectivity index (χ1n) is 5.64. The molecule has 1 aliphatic rings. The molecule has 0 aliphatic heterocycles. The first-order chi connectivity index (χ1) is 8.01. The van der Waals surface area contributed by atoms with Crippen LogP contribution in [0.1, 0.15) is 37.1 Å². The van der Waals surface area contributed by atoms with Crippen molar-refractivity contribution in [3.05, 3.63) is 23.3 Å². The maximum atomic E-state index is 13.5. The molecule has 1 unspecified atom stereocenters. The van der Waals surface area contributed by atoms with E-state index in [1.54, 1.807) is 12.1 Å². The summed E-state index contributed by atoms with van der Waals surface area (Å²) < 4.78 is 23.9. The maximum absolute atomic E-state index is 13.5. The van der Waals surface area contributed by atoms with E-state index in [0.717, 1.165) is 0 Å². The number of benzene rings is 1. The van der Waals surface area contributed by atoms with E-state index in [-0.39, 0.29) is 0 Å². The molecule has 4 heteroatoms. The zero-order chi connectivity index (χ0) is 12.6. The van der Waals surface area contributed by atoms with Crippen molar-refractivity contribution in [3.63, 3.8) is 0 Å². The molecule has 1 N–H and O–H groups in total. The molecule has 1 aliphatic carbocycles. The quantitative estimate of drug-likeness (QED) is 0.879. The highest BCUT2D eigenvalue weighted by molar-refractivity contribution is 5.51. The molecule has 3 nitrogen and oxygen atoms in total. The number of hydrogen-bond acceptors (Lipinski definition) is 3. The number of halogens is 1. The minimum Gasteiger partial charge on any atom is -0.496 e. The predicted octanol–water partition coefficient (Wildman–Crippen LogP) is 2.72. The van der Waals surface area contributed by atoms with Crippen molar-refractivity contribution in [3.8, 4) is 11.5 Å². The van der Waals surface area contributed by atoms with Gasteiger partial charge in [-0.05, 0) is 25.8 Å². The lowest BCUT2D eigenvalue weighted by Crippen LogP contribution is -2.09. The van der Waals surface area contributed by atoms with E-state index in [1.165, 1.54) is 21.1 Å². The second kappa shape index (κ2) is 4.18. The van der Waals surface area contributed by atoms with E-state index in [0.29, 0.717) is 35.5 Å². The van der Waals surface area contributed by atoms with Crippen LogP contribution in [0.15, 0.2) is 12.1 Å². The summed E-state index contributed by atoms with van der Waals surface area (Å²) in [5.41, 5.74) is 0.255. The average molecular weight is 240 g/mol. The van der Waals surface area contributed by atoms with E-state index in [4.69, 9.17) is 9.47 Å². The van der Waals surface area contributed by atoms with Crippen molar-refractivity contribution < 1.29 is 19.0 Å². The topological polar surface area (TPSA) is 38.7 Å². The Morgan fingerprint density at radius 1 is 1.24 bits per heavy atom. The van der Waals surface area contributed by atoms with Crippen LogP contribution < -0.4 is 9.47 Å². The van der Waals surface area contributed by atoms with Crippen LogP contribution in [0.3, 0.4) is 0 Å². The molecule has 0 saturated heterocycles. The number of methoxy groups -OCH3 is 2. The van der Waals surface area contributed by atoms with Gasteiger partial charge in [-0.25, -0.2) is 4.39 Å². The Labute approximate surface area is 100 Å². The molecule has 0 spiro atoms. The van der Waals surface area contributed by atoms with Crippen LogP contribution in [0.4, 0.5) is 4.39 Å². The van der Waals surface area contributed by atoms with E-state index in [1.807, 2.05) is 0 Å². The standard InChI is InChI=1S/C13H17FO3/c1-8(14)9-6-10(13(15)4-5-13)12(17-3)7-11(9)16-2/h6-8,15H,4-5H2,1-3H3. The van der Waals surface area contributed by atoms with Gasteiger partial charge < -0.3 is 14.6 Å². The summed E-state index contributed by atoms with van der Waals surface area (Å²) in [5.74, 6) is 0.996. The zero-order valence-electron chi connectivity index (χ0n) is 10.3. The summed E-state index contributed by atoms with van der Waals surface area (Å²) >= 11 is 0. The van der Waals surface area contributed by atoms with Gasteiger partial charge >= 0.3 is 0 Å². The number of aliphatic hydroxyl groups is 1. The van der Waals surface area contributed by atoms with Gasteiger partial charge in [0.25, 0.3) is 0 Å². The first-order valence-corrected chi connectivity index (χ1v) is 5.64. The molecule has 2 rings (SSSR count). The highest BCUT2D eigenvalue weighted by atomic mass is 19.1. The lowest BCUT2D eigenvalue weighted by Gasteiger charge is -2.18. The summed E-state index contributed by atoms with van der Waals surface area (Å²) in [7, 11) is 3.02. The predicted molar refractivity (Wildman–Crippen MR) is 62.2 cm³/mol.